The van der Waals surface area contributed by atoms with Crippen molar-refractivity contribution in [3.63, 3.8) is 0 Å². The highest BCUT2D eigenvalue weighted by Crippen LogP contribution is 2.39. The lowest BCUT2D eigenvalue weighted by atomic mass is 10.1. The predicted octanol–water partition coefficient (Wildman–Crippen LogP) is 3.24. The molecule has 0 radical (unpaired) electrons. The van der Waals surface area contributed by atoms with E-state index >= 15 is 0 Å². The number of carbonyl (C=O) groups excluding carboxylic acids is 2. The van der Waals surface area contributed by atoms with Gasteiger partial charge in [-0.1, -0.05) is 0 Å². The molecule has 2 amide bonds. The Morgan fingerprint density at radius 2 is 1.88 bits per heavy atom. The Kier molecular flexibility index (Phi) is 7.62. The van der Waals surface area contributed by atoms with Gasteiger partial charge in [0.25, 0.3) is 5.91 Å². The number of nitrogens with one attached hydrogen (secondary N) is 1. The van der Waals surface area contributed by atoms with Gasteiger partial charge >= 0.3 is 18.4 Å². The third kappa shape index (κ3) is 5.94. The van der Waals surface area contributed by atoms with E-state index in [4.69, 9.17) is 10.5 Å². The minimum absolute atomic E-state index is 0.00682. The van der Waals surface area contributed by atoms with Crippen LogP contribution in [0.25, 0.3) is 16.8 Å². The van der Waals surface area contributed by atoms with Crippen molar-refractivity contribution in [2.24, 2.45) is 0 Å². The number of aromatic nitrogens is 4. The number of likely N-dealkylation sites (tertiary alicyclic amines) is 1. The van der Waals surface area contributed by atoms with Crippen molar-refractivity contribution in [2.75, 3.05) is 32.5 Å². The standard InChI is InChI=1S/C22H20F7N7O4/c1-39-19-11(18(37)34-14-8-35(7-13(14)23)20(38)40-3-2-21(24,25)26)4-10(6-31-19)15-5-12(22(27,28)29)16-17(30)32-9-33-36(15)16/h4-6,9,13-14H,2-3,7-8H2,1H3,(H,34,37)(H2,30,32,33)/t13-,14+/m0/s1. The Morgan fingerprint density at radius 3 is 2.52 bits per heavy atom. The lowest BCUT2D eigenvalue weighted by Gasteiger charge is -2.17. The second-order valence-electron chi connectivity index (χ2n) is 8.61. The van der Waals surface area contributed by atoms with Crippen LogP contribution in [0.2, 0.25) is 0 Å². The van der Waals surface area contributed by atoms with Gasteiger partial charge in [0.15, 0.2) is 5.82 Å². The lowest BCUT2D eigenvalue weighted by Crippen LogP contribution is -2.42. The van der Waals surface area contributed by atoms with Crippen LogP contribution in [0.4, 0.5) is 41.3 Å². The van der Waals surface area contributed by atoms with Crippen LogP contribution in [0.5, 0.6) is 5.88 Å². The number of nitrogens with two attached hydrogens (primary N) is 1. The third-order valence-electron chi connectivity index (χ3n) is 5.91. The molecule has 4 heterocycles. The van der Waals surface area contributed by atoms with Crippen molar-refractivity contribution in [2.45, 2.75) is 31.0 Å². The van der Waals surface area contributed by atoms with Gasteiger partial charge in [-0.2, -0.15) is 31.4 Å². The van der Waals surface area contributed by atoms with E-state index in [1.807, 2.05) is 0 Å². The average Bonchev–Trinajstić information content (AvgIpc) is 3.44. The Morgan fingerprint density at radius 1 is 1.15 bits per heavy atom. The Bertz CT molecular complexity index is 1430. The molecule has 1 fully saturated rings. The molecule has 3 aromatic heterocycles. The molecule has 0 aliphatic carbocycles. The monoisotopic (exact) mass is 579 g/mol. The van der Waals surface area contributed by atoms with E-state index < -0.39 is 79.6 Å². The maximum Gasteiger partial charge on any atom is 0.418 e. The summed E-state index contributed by atoms with van der Waals surface area (Å²) in [5.41, 5.74) is 3.58. The topological polar surface area (TPSA) is 137 Å². The molecule has 1 aliphatic rings. The average molecular weight is 579 g/mol. The normalized spacial score (nSPS) is 17.8. The van der Waals surface area contributed by atoms with E-state index in [0.29, 0.717) is 0 Å². The molecule has 0 bridgehead atoms. The molecule has 216 valence electrons. The fourth-order valence-corrected chi connectivity index (χ4v) is 4.05. The highest BCUT2D eigenvalue weighted by atomic mass is 19.4. The first kappa shape index (κ1) is 28.6. The summed E-state index contributed by atoms with van der Waals surface area (Å²) in [6, 6.07) is 0.615. The number of halogens is 7. The van der Waals surface area contributed by atoms with Crippen LogP contribution in [0.15, 0.2) is 24.7 Å². The molecule has 2 atom stereocenters. The lowest BCUT2D eigenvalue weighted by molar-refractivity contribution is -0.141. The number of methoxy groups -OCH3 is 1. The van der Waals surface area contributed by atoms with Crippen LogP contribution >= 0.6 is 0 Å². The van der Waals surface area contributed by atoms with Crippen molar-refractivity contribution >= 4 is 23.3 Å². The van der Waals surface area contributed by atoms with Crippen LogP contribution in [0, 0.1) is 0 Å². The zero-order valence-electron chi connectivity index (χ0n) is 20.4. The van der Waals surface area contributed by atoms with E-state index in [2.05, 4.69) is 25.1 Å². The molecule has 3 aromatic rings. The second kappa shape index (κ2) is 10.6. The molecule has 11 nitrogen and oxygen atoms in total. The Balaban J connectivity index is 1.57. The number of rotatable bonds is 6. The molecule has 0 spiro atoms. The van der Waals surface area contributed by atoms with Gasteiger partial charge in [0.05, 0.1) is 37.4 Å². The number of amides is 2. The van der Waals surface area contributed by atoms with Crippen LogP contribution < -0.4 is 15.8 Å². The minimum atomic E-state index is -4.82. The number of nitrogens with zero attached hydrogens (tertiary/aromatic N) is 5. The molecule has 4 rings (SSSR count). The van der Waals surface area contributed by atoms with Gasteiger partial charge in [0.1, 0.15) is 30.2 Å². The summed E-state index contributed by atoms with van der Waals surface area (Å²) < 4.78 is 103. The van der Waals surface area contributed by atoms with Crippen LogP contribution in [-0.2, 0) is 10.9 Å². The number of alkyl halides is 7. The van der Waals surface area contributed by atoms with E-state index in [0.717, 1.165) is 34.1 Å². The number of ether oxygens (including phenoxy) is 2. The van der Waals surface area contributed by atoms with Crippen molar-refractivity contribution in [3.8, 4) is 17.1 Å². The molecule has 1 aliphatic heterocycles. The largest absolute Gasteiger partial charge is 0.480 e. The Labute approximate surface area is 220 Å². The van der Waals surface area contributed by atoms with Gasteiger partial charge in [0.2, 0.25) is 5.88 Å². The molecule has 1 saturated heterocycles. The predicted molar refractivity (Wildman–Crippen MR) is 122 cm³/mol. The first-order valence-corrected chi connectivity index (χ1v) is 11.4. The molecule has 18 heteroatoms. The van der Waals surface area contributed by atoms with Gasteiger partial charge in [-0.25, -0.2) is 23.7 Å². The Hall–Kier alpha value is -4.38. The van der Waals surface area contributed by atoms with E-state index in [1.54, 1.807) is 0 Å². The minimum Gasteiger partial charge on any atom is -0.480 e. The van der Waals surface area contributed by atoms with E-state index in [1.165, 1.54) is 7.11 Å². The summed E-state index contributed by atoms with van der Waals surface area (Å²) in [5.74, 6) is -1.63. The highest BCUT2D eigenvalue weighted by Gasteiger charge is 2.39. The van der Waals surface area contributed by atoms with Gasteiger partial charge in [0, 0.05) is 18.3 Å². The summed E-state index contributed by atoms with van der Waals surface area (Å²) in [5, 5.41) is 6.17. The fourth-order valence-electron chi connectivity index (χ4n) is 4.05. The third-order valence-corrected chi connectivity index (χ3v) is 5.91. The van der Waals surface area contributed by atoms with E-state index in [-0.39, 0.29) is 22.7 Å². The molecule has 3 N–H and O–H groups in total. The van der Waals surface area contributed by atoms with Crippen LogP contribution in [-0.4, -0.2) is 81.7 Å². The van der Waals surface area contributed by atoms with Crippen molar-refractivity contribution in [1.82, 2.24) is 29.8 Å². The zero-order chi connectivity index (χ0) is 29.4. The first-order valence-electron chi connectivity index (χ1n) is 11.4. The molecule has 0 unspecified atom stereocenters. The van der Waals surface area contributed by atoms with Gasteiger partial charge in [-0.3, -0.25) is 4.79 Å². The molecular formula is C22H20F7N7O4. The number of hydrogen-bond donors (Lipinski definition) is 2. The molecule has 40 heavy (non-hydrogen) atoms. The summed E-state index contributed by atoms with van der Waals surface area (Å²) in [7, 11) is 1.17. The summed E-state index contributed by atoms with van der Waals surface area (Å²) in [4.78, 5) is 33.4. The van der Waals surface area contributed by atoms with Gasteiger partial charge < -0.3 is 25.4 Å². The molecule has 0 aromatic carbocycles. The van der Waals surface area contributed by atoms with Gasteiger partial charge in [-0.15, -0.1) is 0 Å². The first-order chi connectivity index (χ1) is 18.7. The van der Waals surface area contributed by atoms with Crippen LogP contribution in [0.1, 0.15) is 22.3 Å². The summed E-state index contributed by atoms with van der Waals surface area (Å²) in [6.45, 7) is -1.92. The van der Waals surface area contributed by atoms with Crippen molar-refractivity contribution < 1.29 is 49.8 Å². The number of anilines is 1. The highest BCUT2D eigenvalue weighted by molar-refractivity contribution is 5.98. The quantitative estimate of drug-likeness (QED) is 0.425. The summed E-state index contributed by atoms with van der Waals surface area (Å²) in [6.07, 6.45) is -11.7. The zero-order valence-corrected chi connectivity index (χ0v) is 20.4. The maximum absolute atomic E-state index is 14.6. The summed E-state index contributed by atoms with van der Waals surface area (Å²) >= 11 is 0. The van der Waals surface area contributed by atoms with E-state index in [9.17, 15) is 40.3 Å². The number of hydrogen-bond acceptors (Lipinski definition) is 8. The van der Waals surface area contributed by atoms with Crippen molar-refractivity contribution in [3.05, 3.63) is 35.8 Å². The smallest absolute Gasteiger partial charge is 0.418 e. The molecule has 0 saturated carbocycles. The number of carbonyl (C=O) groups is 2. The number of pyridine rings is 1. The number of nitrogen functional groups attached to an aromatic ring is 1. The maximum atomic E-state index is 14.6. The fraction of sp³-hybridized carbons (Fsp3) is 0.409. The van der Waals surface area contributed by atoms with Gasteiger partial charge in [-0.05, 0) is 12.1 Å². The SMILES string of the molecule is COc1ncc(-c2cc(C(F)(F)F)c3c(N)ncnn23)cc1C(=O)N[C@@H]1CN(C(=O)OCCC(F)(F)F)C[C@@H]1F. The molecular weight excluding hydrogens is 559 g/mol. The van der Waals surface area contributed by atoms with Crippen LogP contribution in [0.3, 0.4) is 0 Å². The number of fused-ring (bicyclic) bond motifs is 1. The van der Waals surface area contributed by atoms with Crippen molar-refractivity contribution in [1.29, 1.82) is 0 Å². The second-order valence-corrected chi connectivity index (χ2v) is 8.61.